The molecule has 0 radical (unpaired) electrons. The third-order valence-corrected chi connectivity index (χ3v) is 4.61. The lowest BCUT2D eigenvalue weighted by molar-refractivity contribution is 0.322. The Labute approximate surface area is 157 Å². The molecule has 4 aromatic rings. The van der Waals surface area contributed by atoms with Crippen molar-refractivity contribution in [1.82, 2.24) is 9.72 Å². The first-order valence-electron chi connectivity index (χ1n) is 8.36. The second kappa shape index (κ2) is 6.49. The molecule has 2 aromatic carbocycles. The van der Waals surface area contributed by atoms with E-state index in [-0.39, 0.29) is 22.4 Å². The van der Waals surface area contributed by atoms with Gasteiger partial charge in [-0.25, -0.2) is 8.78 Å². The number of fused-ring (bicyclic) bond motifs is 1. The summed E-state index contributed by atoms with van der Waals surface area (Å²) >= 11 is 0. The maximum Gasteiger partial charge on any atom is 0.150 e. The lowest BCUT2D eigenvalue weighted by atomic mass is 10.0. The van der Waals surface area contributed by atoms with E-state index in [1.807, 2.05) is 0 Å². The Morgan fingerprint density at radius 1 is 1.14 bits per heavy atom. The van der Waals surface area contributed by atoms with E-state index in [9.17, 15) is 19.1 Å². The number of aromatic hydroxyl groups is 1. The van der Waals surface area contributed by atoms with Gasteiger partial charge < -0.3 is 19.4 Å². The van der Waals surface area contributed by atoms with Gasteiger partial charge in [-0.2, -0.15) is 0 Å². The molecule has 2 N–H and O–H groups in total. The molecule has 0 amide bonds. The third-order valence-electron chi connectivity index (χ3n) is 4.61. The maximum atomic E-state index is 14.8. The van der Waals surface area contributed by atoms with Gasteiger partial charge in [0, 0.05) is 17.0 Å². The van der Waals surface area contributed by atoms with Crippen LogP contribution in [0.5, 0.6) is 5.75 Å². The van der Waals surface area contributed by atoms with Crippen LogP contribution in [0.4, 0.5) is 8.78 Å². The van der Waals surface area contributed by atoms with Crippen molar-refractivity contribution in [3.8, 4) is 22.7 Å². The van der Waals surface area contributed by atoms with Gasteiger partial charge in [-0.3, -0.25) is 0 Å². The normalized spacial score (nSPS) is 11.7. The molecule has 4 rings (SSSR count). The highest BCUT2D eigenvalue weighted by Crippen LogP contribution is 2.40. The van der Waals surface area contributed by atoms with E-state index in [0.29, 0.717) is 28.2 Å². The summed E-state index contributed by atoms with van der Waals surface area (Å²) in [5, 5.41) is 25.9. The molecule has 0 bridgehead atoms. The summed E-state index contributed by atoms with van der Waals surface area (Å²) in [5.41, 5.74) is 2.08. The molecule has 0 atom stereocenters. The Bertz CT molecular complexity index is 1220. The summed E-state index contributed by atoms with van der Waals surface area (Å²) < 4.78 is 36.3. The van der Waals surface area contributed by atoms with Crippen LogP contribution in [0.2, 0.25) is 0 Å². The summed E-state index contributed by atoms with van der Waals surface area (Å²) in [7, 11) is 0. The van der Waals surface area contributed by atoms with Crippen LogP contribution in [0.15, 0.2) is 46.1 Å². The van der Waals surface area contributed by atoms with Crippen LogP contribution < -0.4 is 0 Å². The van der Waals surface area contributed by atoms with E-state index in [1.165, 1.54) is 28.8 Å². The van der Waals surface area contributed by atoms with E-state index in [1.54, 1.807) is 19.9 Å². The van der Waals surface area contributed by atoms with Gasteiger partial charge in [0.1, 0.15) is 17.3 Å². The number of halogens is 2. The molecule has 0 aliphatic carbocycles. The first-order valence-corrected chi connectivity index (χ1v) is 8.36. The Kier molecular flexibility index (Phi) is 4.11. The van der Waals surface area contributed by atoms with Gasteiger partial charge in [0.25, 0.3) is 0 Å². The summed E-state index contributed by atoms with van der Waals surface area (Å²) in [5.74, 6) is -1.06. The first kappa shape index (κ1) is 17.7. The molecule has 2 heterocycles. The number of rotatable bonds is 3. The van der Waals surface area contributed by atoms with Crippen LogP contribution in [0, 0.1) is 25.5 Å². The standard InChI is InChI=1S/C20H15F2N3O3/c1-10-18(11(2)28-24-10)20-13(9-23-27)19-14(21)4-3-5-17(19)25(20)16-7-6-12(26)8-15(16)22/h3-9,26-27H,1-2H3. The quantitative estimate of drug-likeness (QED) is 0.305. The van der Waals surface area contributed by atoms with Gasteiger partial charge in [-0.05, 0) is 38.1 Å². The molecule has 0 aliphatic heterocycles. The van der Waals surface area contributed by atoms with Crippen molar-refractivity contribution >= 4 is 17.1 Å². The predicted molar refractivity (Wildman–Crippen MR) is 99.2 cm³/mol. The molecule has 28 heavy (non-hydrogen) atoms. The van der Waals surface area contributed by atoms with Crippen LogP contribution in [-0.2, 0) is 0 Å². The van der Waals surface area contributed by atoms with Gasteiger partial charge >= 0.3 is 0 Å². The van der Waals surface area contributed by atoms with Crippen molar-refractivity contribution in [3.63, 3.8) is 0 Å². The molecule has 0 saturated heterocycles. The Hall–Kier alpha value is -3.68. The second-order valence-corrected chi connectivity index (χ2v) is 6.31. The number of aryl methyl sites for hydroxylation is 2. The largest absolute Gasteiger partial charge is 0.508 e. The zero-order valence-corrected chi connectivity index (χ0v) is 14.9. The Morgan fingerprint density at radius 2 is 1.93 bits per heavy atom. The summed E-state index contributed by atoms with van der Waals surface area (Å²) in [6.45, 7) is 3.39. The number of phenols is 1. The number of aromatic nitrogens is 2. The topological polar surface area (TPSA) is 83.8 Å². The first-order chi connectivity index (χ1) is 13.4. The van der Waals surface area contributed by atoms with Crippen molar-refractivity contribution in [2.45, 2.75) is 13.8 Å². The van der Waals surface area contributed by atoms with Crippen LogP contribution in [0.3, 0.4) is 0 Å². The minimum Gasteiger partial charge on any atom is -0.508 e. The fourth-order valence-electron chi connectivity index (χ4n) is 3.50. The van der Waals surface area contributed by atoms with E-state index in [0.717, 1.165) is 12.3 Å². The van der Waals surface area contributed by atoms with Crippen molar-refractivity contribution in [3.05, 3.63) is 65.1 Å². The van der Waals surface area contributed by atoms with Gasteiger partial charge in [-0.15, -0.1) is 0 Å². The number of benzene rings is 2. The molecule has 0 saturated carbocycles. The molecule has 8 heteroatoms. The average Bonchev–Trinajstić information content (AvgIpc) is 3.13. The fourth-order valence-corrected chi connectivity index (χ4v) is 3.50. The highest BCUT2D eigenvalue weighted by Gasteiger charge is 2.27. The maximum absolute atomic E-state index is 14.8. The van der Waals surface area contributed by atoms with Crippen LogP contribution in [0.25, 0.3) is 27.8 Å². The van der Waals surface area contributed by atoms with Crippen molar-refractivity contribution in [2.24, 2.45) is 5.16 Å². The highest BCUT2D eigenvalue weighted by atomic mass is 19.1. The SMILES string of the molecule is Cc1noc(C)c1-c1c(C=NO)c2c(F)cccc2n1-c1ccc(O)cc1F. The third kappa shape index (κ3) is 2.53. The minimum absolute atomic E-state index is 0.0842. The zero-order valence-electron chi connectivity index (χ0n) is 14.9. The Balaban J connectivity index is 2.26. The molecular formula is C20H15F2N3O3. The molecule has 0 aliphatic rings. The average molecular weight is 383 g/mol. The molecular weight excluding hydrogens is 368 g/mol. The van der Waals surface area contributed by atoms with E-state index in [4.69, 9.17) is 4.52 Å². The van der Waals surface area contributed by atoms with E-state index in [2.05, 4.69) is 10.3 Å². The number of hydrogen-bond donors (Lipinski definition) is 2. The van der Waals surface area contributed by atoms with Crippen molar-refractivity contribution in [2.75, 3.05) is 0 Å². The van der Waals surface area contributed by atoms with Gasteiger partial charge in [0.2, 0.25) is 0 Å². The molecule has 2 aromatic heterocycles. The second-order valence-electron chi connectivity index (χ2n) is 6.31. The number of nitrogens with zero attached hydrogens (tertiary/aromatic N) is 3. The van der Waals surface area contributed by atoms with E-state index < -0.39 is 11.6 Å². The van der Waals surface area contributed by atoms with Crippen molar-refractivity contribution in [1.29, 1.82) is 0 Å². The zero-order chi connectivity index (χ0) is 20.0. The number of oxime groups is 1. The minimum atomic E-state index is -0.707. The molecule has 0 unspecified atom stereocenters. The van der Waals surface area contributed by atoms with Crippen LogP contribution in [0.1, 0.15) is 17.0 Å². The predicted octanol–water partition coefficient (Wildman–Crippen LogP) is 4.69. The van der Waals surface area contributed by atoms with Crippen molar-refractivity contribution < 1.29 is 23.6 Å². The van der Waals surface area contributed by atoms with Gasteiger partial charge in [-0.1, -0.05) is 16.4 Å². The summed E-state index contributed by atoms with van der Waals surface area (Å²) in [4.78, 5) is 0. The molecule has 142 valence electrons. The smallest absolute Gasteiger partial charge is 0.150 e. The molecule has 0 fully saturated rings. The number of phenolic OH excluding ortho intramolecular Hbond substituents is 1. The highest BCUT2D eigenvalue weighted by molar-refractivity contribution is 6.08. The Morgan fingerprint density at radius 3 is 2.57 bits per heavy atom. The van der Waals surface area contributed by atoms with Crippen LogP contribution in [-0.4, -0.2) is 26.3 Å². The van der Waals surface area contributed by atoms with Crippen LogP contribution >= 0.6 is 0 Å². The molecule has 6 nitrogen and oxygen atoms in total. The lowest BCUT2D eigenvalue weighted by Crippen LogP contribution is -2.02. The summed E-state index contributed by atoms with van der Waals surface area (Å²) in [6, 6.07) is 8.09. The summed E-state index contributed by atoms with van der Waals surface area (Å²) in [6.07, 6.45) is 1.10. The van der Waals surface area contributed by atoms with E-state index >= 15 is 0 Å². The fraction of sp³-hybridized carbons (Fsp3) is 0.100. The lowest BCUT2D eigenvalue weighted by Gasteiger charge is -2.13. The monoisotopic (exact) mass is 383 g/mol. The number of hydrogen-bond acceptors (Lipinski definition) is 5. The van der Waals surface area contributed by atoms with Gasteiger partial charge in [0.15, 0.2) is 5.82 Å². The van der Waals surface area contributed by atoms with Gasteiger partial charge in [0.05, 0.1) is 34.4 Å². The molecule has 0 spiro atoms.